The molecule has 1 N–H and O–H groups in total. The van der Waals surface area contributed by atoms with Crippen LogP contribution in [0.4, 0.5) is 19.0 Å². The van der Waals surface area contributed by atoms with E-state index < -0.39 is 17.2 Å². The number of nitrogens with one attached hydrogen (secondary N) is 1. The molecule has 35 heavy (non-hydrogen) atoms. The van der Waals surface area contributed by atoms with Gasteiger partial charge in [-0.05, 0) is 49.1 Å². The molecular weight excluding hydrogens is 457 g/mol. The molecule has 9 heteroatoms. The maximum Gasteiger partial charge on any atom is 0.416 e. The Morgan fingerprint density at radius 2 is 1.83 bits per heavy atom. The van der Waals surface area contributed by atoms with Crippen molar-refractivity contribution in [3.8, 4) is 0 Å². The number of carbonyl (C=O) groups excluding carboxylic acids is 1. The summed E-state index contributed by atoms with van der Waals surface area (Å²) in [4.78, 5) is 21.8. The minimum absolute atomic E-state index is 0.196. The van der Waals surface area contributed by atoms with E-state index in [4.69, 9.17) is 4.74 Å². The number of pyridine rings is 1. The summed E-state index contributed by atoms with van der Waals surface area (Å²) >= 11 is 0. The molecule has 4 rings (SSSR count). The molecular formula is C26H39F3N4O2. The predicted molar refractivity (Wildman–Crippen MR) is 129 cm³/mol. The second-order valence-corrected chi connectivity index (χ2v) is 11.1. The third-order valence-electron chi connectivity index (χ3n) is 8.46. The quantitative estimate of drug-likeness (QED) is 0.662. The van der Waals surface area contributed by atoms with E-state index >= 15 is 0 Å². The van der Waals surface area contributed by atoms with Crippen molar-refractivity contribution < 1.29 is 22.7 Å². The van der Waals surface area contributed by atoms with E-state index in [9.17, 15) is 18.0 Å². The SMILES string of the molecule is CC1COCC(C)C1N[C@@H]1CC[C@@](C(=O)N2CCN(c3cc(C(F)(F)F)ccn3)CC2)(C(C)C)C1. The monoisotopic (exact) mass is 496 g/mol. The van der Waals surface area contributed by atoms with Gasteiger partial charge in [0.2, 0.25) is 5.91 Å². The highest BCUT2D eigenvalue weighted by Gasteiger charge is 2.50. The number of aromatic nitrogens is 1. The molecule has 3 aliphatic rings. The van der Waals surface area contributed by atoms with E-state index in [0.717, 1.165) is 44.6 Å². The molecule has 4 atom stereocenters. The Labute approximate surface area is 206 Å². The molecule has 1 amide bonds. The molecule has 1 aromatic rings. The highest BCUT2D eigenvalue weighted by molar-refractivity contribution is 5.84. The lowest BCUT2D eigenvalue weighted by molar-refractivity contribution is -0.145. The molecule has 6 nitrogen and oxygen atoms in total. The number of rotatable bonds is 5. The number of halogens is 3. The zero-order valence-corrected chi connectivity index (χ0v) is 21.3. The van der Waals surface area contributed by atoms with Gasteiger partial charge in [-0.2, -0.15) is 13.2 Å². The zero-order valence-electron chi connectivity index (χ0n) is 21.3. The summed E-state index contributed by atoms with van der Waals surface area (Å²) in [6.07, 6.45) is -0.519. The van der Waals surface area contributed by atoms with Gasteiger partial charge in [0.1, 0.15) is 5.82 Å². The Morgan fingerprint density at radius 1 is 1.17 bits per heavy atom. The third kappa shape index (κ3) is 5.45. The fraction of sp³-hybridized carbons (Fsp3) is 0.769. The summed E-state index contributed by atoms with van der Waals surface area (Å²) in [6.45, 7) is 12.2. The van der Waals surface area contributed by atoms with Gasteiger partial charge in [0, 0.05) is 44.5 Å². The van der Waals surface area contributed by atoms with Crippen molar-refractivity contribution in [3.63, 3.8) is 0 Å². The highest BCUT2D eigenvalue weighted by atomic mass is 19.4. The van der Waals surface area contributed by atoms with Gasteiger partial charge >= 0.3 is 6.18 Å². The van der Waals surface area contributed by atoms with Crippen LogP contribution in [0.3, 0.4) is 0 Å². The van der Waals surface area contributed by atoms with E-state index in [0.29, 0.717) is 55.9 Å². The van der Waals surface area contributed by atoms with Crippen LogP contribution in [0.5, 0.6) is 0 Å². The smallest absolute Gasteiger partial charge is 0.381 e. The largest absolute Gasteiger partial charge is 0.416 e. The van der Waals surface area contributed by atoms with Crippen LogP contribution in [-0.4, -0.2) is 67.3 Å². The van der Waals surface area contributed by atoms with Crippen molar-refractivity contribution in [1.82, 2.24) is 15.2 Å². The number of anilines is 1. The van der Waals surface area contributed by atoms with Gasteiger partial charge in [0.25, 0.3) is 0 Å². The summed E-state index contributed by atoms with van der Waals surface area (Å²) in [7, 11) is 0. The topological polar surface area (TPSA) is 57.7 Å². The lowest BCUT2D eigenvalue weighted by atomic mass is 9.74. The second kappa shape index (κ2) is 10.2. The Bertz CT molecular complexity index is 878. The van der Waals surface area contributed by atoms with Gasteiger partial charge in [-0.25, -0.2) is 4.98 Å². The van der Waals surface area contributed by atoms with Crippen LogP contribution in [-0.2, 0) is 15.7 Å². The molecule has 2 aliphatic heterocycles. The van der Waals surface area contributed by atoms with Crippen molar-refractivity contribution in [2.45, 2.75) is 65.2 Å². The number of alkyl halides is 3. The number of piperazine rings is 1. The van der Waals surface area contributed by atoms with Gasteiger partial charge in [0.05, 0.1) is 24.2 Å². The first-order chi connectivity index (χ1) is 16.5. The number of hydrogen-bond acceptors (Lipinski definition) is 5. The van der Waals surface area contributed by atoms with Gasteiger partial charge in [-0.15, -0.1) is 0 Å². The molecule has 1 aromatic heterocycles. The van der Waals surface area contributed by atoms with E-state index in [-0.39, 0.29) is 11.8 Å². The lowest BCUT2D eigenvalue weighted by Crippen LogP contribution is -2.55. The average Bonchev–Trinajstić information content (AvgIpc) is 3.26. The van der Waals surface area contributed by atoms with E-state index in [1.54, 1.807) is 0 Å². The second-order valence-electron chi connectivity index (χ2n) is 11.1. The molecule has 1 saturated carbocycles. The van der Waals surface area contributed by atoms with Crippen LogP contribution in [0.25, 0.3) is 0 Å². The van der Waals surface area contributed by atoms with Crippen molar-refractivity contribution in [3.05, 3.63) is 23.9 Å². The third-order valence-corrected chi connectivity index (χ3v) is 8.46. The number of ether oxygens (including phenoxy) is 1. The normalized spacial score (nSPS) is 32.3. The first kappa shape index (κ1) is 26.2. The Balaban J connectivity index is 1.39. The van der Waals surface area contributed by atoms with Gasteiger partial charge in [-0.1, -0.05) is 27.7 Å². The van der Waals surface area contributed by atoms with Crippen LogP contribution in [0.2, 0.25) is 0 Å². The minimum Gasteiger partial charge on any atom is -0.381 e. The Morgan fingerprint density at radius 3 is 2.43 bits per heavy atom. The van der Waals surface area contributed by atoms with E-state index in [1.165, 1.54) is 6.20 Å². The van der Waals surface area contributed by atoms with Crippen LogP contribution in [0.1, 0.15) is 52.5 Å². The van der Waals surface area contributed by atoms with Crippen molar-refractivity contribution in [2.75, 3.05) is 44.3 Å². The summed E-state index contributed by atoms with van der Waals surface area (Å²) in [5.41, 5.74) is -1.09. The first-order valence-electron chi connectivity index (χ1n) is 12.9. The number of amides is 1. The summed E-state index contributed by atoms with van der Waals surface area (Å²) in [6, 6.07) is 2.79. The van der Waals surface area contributed by atoms with Gasteiger partial charge in [-0.3, -0.25) is 4.79 Å². The summed E-state index contributed by atoms with van der Waals surface area (Å²) in [5, 5.41) is 3.87. The summed E-state index contributed by atoms with van der Waals surface area (Å²) < 4.78 is 45.0. The molecule has 3 heterocycles. The first-order valence-corrected chi connectivity index (χ1v) is 12.9. The van der Waals surface area contributed by atoms with E-state index in [2.05, 4.69) is 38.0 Å². The summed E-state index contributed by atoms with van der Waals surface area (Å²) in [5.74, 6) is 1.62. The minimum atomic E-state index is -4.40. The highest BCUT2D eigenvalue weighted by Crippen LogP contribution is 2.46. The van der Waals surface area contributed by atoms with Gasteiger partial charge in [0.15, 0.2) is 0 Å². The standard InChI is InChI=1S/C26H39F3N4O2/c1-17(2)25(7-5-21(14-25)31-23-18(3)15-35-16-19(23)4)24(34)33-11-9-32(10-12-33)22-13-20(6-8-30-22)26(27,28)29/h6,8,13,17-19,21,23,31H,5,7,9-12,14-16H2,1-4H3/t18?,19?,21-,23?,25+/m1/s1. The molecule has 0 aromatic carbocycles. The molecule has 0 radical (unpaired) electrons. The fourth-order valence-electron chi connectivity index (χ4n) is 6.21. The lowest BCUT2D eigenvalue weighted by Gasteiger charge is -2.42. The molecule has 0 bridgehead atoms. The molecule has 196 valence electrons. The molecule has 2 unspecified atom stereocenters. The van der Waals surface area contributed by atoms with Crippen LogP contribution >= 0.6 is 0 Å². The van der Waals surface area contributed by atoms with Crippen molar-refractivity contribution >= 4 is 11.7 Å². The maximum absolute atomic E-state index is 13.9. The van der Waals surface area contributed by atoms with Crippen LogP contribution in [0, 0.1) is 23.2 Å². The average molecular weight is 497 g/mol. The number of nitrogens with zero attached hydrogens (tertiary/aromatic N) is 3. The number of hydrogen-bond donors (Lipinski definition) is 1. The molecule has 1 aliphatic carbocycles. The van der Waals surface area contributed by atoms with Gasteiger partial charge < -0.3 is 19.9 Å². The fourth-order valence-corrected chi connectivity index (χ4v) is 6.21. The number of carbonyl (C=O) groups is 1. The van der Waals surface area contributed by atoms with Crippen LogP contribution < -0.4 is 10.2 Å². The molecule has 3 fully saturated rings. The maximum atomic E-state index is 13.9. The Hall–Kier alpha value is -1.87. The molecule has 0 spiro atoms. The zero-order chi connectivity index (χ0) is 25.4. The van der Waals surface area contributed by atoms with Crippen LogP contribution in [0.15, 0.2) is 18.3 Å². The van der Waals surface area contributed by atoms with E-state index in [1.807, 2.05) is 9.80 Å². The van der Waals surface area contributed by atoms with Crippen molar-refractivity contribution in [2.24, 2.45) is 23.2 Å². The Kier molecular flexibility index (Phi) is 7.67. The predicted octanol–water partition coefficient (Wildman–Crippen LogP) is 4.20. The van der Waals surface area contributed by atoms with Crippen molar-refractivity contribution in [1.29, 1.82) is 0 Å². The molecule has 2 saturated heterocycles.